The highest BCUT2D eigenvalue weighted by Crippen LogP contribution is 2.29. The third kappa shape index (κ3) is 5.60. The van der Waals surface area contributed by atoms with Gasteiger partial charge in [0.05, 0.1) is 11.4 Å². The number of rotatable bonds is 7. The number of hydrogen-bond acceptors (Lipinski definition) is 4. The van der Waals surface area contributed by atoms with Crippen LogP contribution in [0, 0.1) is 0 Å². The van der Waals surface area contributed by atoms with E-state index in [4.69, 9.17) is 11.6 Å². The summed E-state index contributed by atoms with van der Waals surface area (Å²) in [7, 11) is 0. The molecular formula is C24H22ClN3O2S. The van der Waals surface area contributed by atoms with Crippen LogP contribution in [0.5, 0.6) is 0 Å². The maximum atomic E-state index is 12.5. The van der Waals surface area contributed by atoms with Gasteiger partial charge in [0.1, 0.15) is 6.04 Å². The highest BCUT2D eigenvalue weighted by atomic mass is 35.5. The van der Waals surface area contributed by atoms with Crippen LogP contribution in [-0.4, -0.2) is 23.6 Å². The van der Waals surface area contributed by atoms with E-state index in [0.29, 0.717) is 28.6 Å². The van der Waals surface area contributed by atoms with E-state index < -0.39 is 0 Å². The molecule has 1 unspecified atom stereocenters. The van der Waals surface area contributed by atoms with Crippen molar-refractivity contribution in [2.45, 2.75) is 18.3 Å². The van der Waals surface area contributed by atoms with Gasteiger partial charge in [-0.3, -0.25) is 9.59 Å². The zero-order chi connectivity index (χ0) is 21.6. The molecule has 4 rings (SSSR count). The molecule has 31 heavy (non-hydrogen) atoms. The van der Waals surface area contributed by atoms with Crippen LogP contribution in [0.4, 0.5) is 11.4 Å². The molecule has 0 aromatic heterocycles. The summed E-state index contributed by atoms with van der Waals surface area (Å²) in [5.74, 6) is 1.16. The lowest BCUT2D eigenvalue weighted by atomic mass is 10.1. The van der Waals surface area contributed by atoms with Crippen molar-refractivity contribution in [3.05, 3.63) is 94.5 Å². The van der Waals surface area contributed by atoms with Crippen LogP contribution in [0.2, 0.25) is 5.02 Å². The van der Waals surface area contributed by atoms with Gasteiger partial charge in [0.15, 0.2) is 0 Å². The van der Waals surface area contributed by atoms with Crippen molar-refractivity contribution >= 4 is 46.6 Å². The van der Waals surface area contributed by atoms with Crippen LogP contribution in [-0.2, 0) is 17.1 Å². The SMILES string of the molecule is O=C(NCc1ccccc1)c1ccc2c(c1)NC(=O)C(CSCc1ccc(Cl)cc1)N2. The molecule has 0 bridgehead atoms. The Bertz CT molecular complexity index is 1070. The Morgan fingerprint density at radius 1 is 0.968 bits per heavy atom. The number of hydrogen-bond donors (Lipinski definition) is 3. The van der Waals surface area contributed by atoms with Crippen LogP contribution >= 0.6 is 23.4 Å². The molecular weight excluding hydrogens is 430 g/mol. The van der Waals surface area contributed by atoms with Gasteiger partial charge in [-0.2, -0.15) is 11.8 Å². The molecule has 0 spiro atoms. The van der Waals surface area contributed by atoms with Crippen LogP contribution in [0.1, 0.15) is 21.5 Å². The fourth-order valence-electron chi connectivity index (χ4n) is 3.26. The number of amides is 2. The smallest absolute Gasteiger partial charge is 0.251 e. The maximum absolute atomic E-state index is 12.5. The molecule has 3 aromatic carbocycles. The average molecular weight is 452 g/mol. The lowest BCUT2D eigenvalue weighted by Gasteiger charge is -2.27. The second kappa shape index (κ2) is 9.90. The van der Waals surface area contributed by atoms with Crippen molar-refractivity contribution in [2.24, 2.45) is 0 Å². The summed E-state index contributed by atoms with van der Waals surface area (Å²) in [5, 5.41) is 9.82. The summed E-state index contributed by atoms with van der Waals surface area (Å²) in [6.45, 7) is 0.453. The second-order valence-corrected chi connectivity index (χ2v) is 8.72. The molecule has 7 heteroatoms. The summed E-state index contributed by atoms with van der Waals surface area (Å²) in [6.07, 6.45) is 0. The summed E-state index contributed by atoms with van der Waals surface area (Å²) >= 11 is 7.60. The minimum Gasteiger partial charge on any atom is -0.371 e. The van der Waals surface area contributed by atoms with Gasteiger partial charge >= 0.3 is 0 Å². The number of thioether (sulfide) groups is 1. The predicted molar refractivity (Wildman–Crippen MR) is 128 cm³/mol. The van der Waals surface area contributed by atoms with E-state index >= 15 is 0 Å². The minimum absolute atomic E-state index is 0.0991. The zero-order valence-electron chi connectivity index (χ0n) is 16.7. The second-order valence-electron chi connectivity index (χ2n) is 7.26. The third-order valence-corrected chi connectivity index (χ3v) is 6.31. The van der Waals surface area contributed by atoms with E-state index in [1.165, 1.54) is 0 Å². The summed E-state index contributed by atoms with van der Waals surface area (Å²) in [5.41, 5.74) is 4.14. The molecule has 3 N–H and O–H groups in total. The lowest BCUT2D eigenvalue weighted by Crippen LogP contribution is -2.40. The normalized spacial score (nSPS) is 14.9. The monoisotopic (exact) mass is 451 g/mol. The Morgan fingerprint density at radius 2 is 1.74 bits per heavy atom. The van der Waals surface area contributed by atoms with Crippen molar-refractivity contribution in [1.82, 2.24) is 5.32 Å². The third-order valence-electron chi connectivity index (χ3n) is 4.95. The van der Waals surface area contributed by atoms with Crippen LogP contribution in [0.25, 0.3) is 0 Å². The molecule has 1 aliphatic heterocycles. The molecule has 1 aliphatic rings. The van der Waals surface area contributed by atoms with E-state index in [1.54, 1.807) is 23.9 Å². The Hall–Kier alpha value is -2.96. The number of anilines is 2. The van der Waals surface area contributed by atoms with E-state index in [0.717, 1.165) is 22.6 Å². The van der Waals surface area contributed by atoms with E-state index in [-0.39, 0.29) is 17.9 Å². The largest absolute Gasteiger partial charge is 0.371 e. The quantitative estimate of drug-likeness (QED) is 0.476. The highest BCUT2D eigenvalue weighted by Gasteiger charge is 2.26. The molecule has 1 atom stereocenters. The molecule has 2 amide bonds. The number of carbonyl (C=O) groups is 2. The number of carbonyl (C=O) groups excluding carboxylic acids is 2. The number of benzene rings is 3. The maximum Gasteiger partial charge on any atom is 0.251 e. The van der Waals surface area contributed by atoms with Crippen molar-refractivity contribution < 1.29 is 9.59 Å². The molecule has 0 fully saturated rings. The highest BCUT2D eigenvalue weighted by molar-refractivity contribution is 7.98. The van der Waals surface area contributed by atoms with Gasteiger partial charge in [0, 0.05) is 28.6 Å². The lowest BCUT2D eigenvalue weighted by molar-refractivity contribution is -0.116. The minimum atomic E-state index is -0.331. The van der Waals surface area contributed by atoms with Gasteiger partial charge in [0.25, 0.3) is 5.91 Å². The zero-order valence-corrected chi connectivity index (χ0v) is 18.3. The van der Waals surface area contributed by atoms with Crippen LogP contribution < -0.4 is 16.0 Å². The van der Waals surface area contributed by atoms with Crippen molar-refractivity contribution in [3.63, 3.8) is 0 Å². The number of fused-ring (bicyclic) bond motifs is 1. The van der Waals surface area contributed by atoms with Gasteiger partial charge < -0.3 is 16.0 Å². The topological polar surface area (TPSA) is 70.2 Å². The standard InChI is InChI=1S/C24H22ClN3O2S/c25-19-9-6-17(7-10-19)14-31-15-22-24(30)28-21-12-18(8-11-20(21)27-22)23(29)26-13-16-4-2-1-3-5-16/h1-12,22,27H,13-15H2,(H,26,29)(H,28,30). The Morgan fingerprint density at radius 3 is 2.52 bits per heavy atom. The fourth-order valence-corrected chi connectivity index (χ4v) is 4.40. The average Bonchev–Trinajstić information content (AvgIpc) is 2.79. The summed E-state index contributed by atoms with van der Waals surface area (Å²) < 4.78 is 0. The first-order chi connectivity index (χ1) is 15.1. The van der Waals surface area contributed by atoms with E-state index in [2.05, 4.69) is 16.0 Å². The number of nitrogens with one attached hydrogen (secondary N) is 3. The molecule has 0 saturated heterocycles. The Labute approximate surface area is 190 Å². The summed E-state index contributed by atoms with van der Waals surface area (Å²) in [4.78, 5) is 25.0. The van der Waals surface area contributed by atoms with Crippen LogP contribution in [0.3, 0.4) is 0 Å². The van der Waals surface area contributed by atoms with Crippen molar-refractivity contribution in [3.8, 4) is 0 Å². The van der Waals surface area contributed by atoms with Crippen LogP contribution in [0.15, 0.2) is 72.8 Å². The van der Waals surface area contributed by atoms with E-state index in [9.17, 15) is 9.59 Å². The molecule has 0 saturated carbocycles. The van der Waals surface area contributed by atoms with Gasteiger partial charge in [-0.05, 0) is 41.5 Å². The molecule has 3 aromatic rings. The first-order valence-electron chi connectivity index (χ1n) is 9.94. The Kier molecular flexibility index (Phi) is 6.79. The predicted octanol–water partition coefficient (Wildman–Crippen LogP) is 4.94. The Balaban J connectivity index is 1.33. The number of halogens is 1. The molecule has 5 nitrogen and oxygen atoms in total. The van der Waals surface area contributed by atoms with Crippen molar-refractivity contribution in [1.29, 1.82) is 0 Å². The van der Waals surface area contributed by atoms with Gasteiger partial charge in [-0.25, -0.2) is 0 Å². The van der Waals surface area contributed by atoms with Gasteiger partial charge in [0.2, 0.25) is 5.91 Å². The van der Waals surface area contributed by atoms with Gasteiger partial charge in [-0.1, -0.05) is 54.1 Å². The molecule has 0 aliphatic carbocycles. The fraction of sp³-hybridized carbons (Fsp3) is 0.167. The first-order valence-corrected chi connectivity index (χ1v) is 11.5. The van der Waals surface area contributed by atoms with E-state index in [1.807, 2.05) is 60.7 Å². The summed E-state index contributed by atoms with van der Waals surface area (Å²) in [6, 6.07) is 22.4. The first kappa shape index (κ1) is 21.3. The molecule has 1 heterocycles. The molecule has 158 valence electrons. The van der Waals surface area contributed by atoms with Crippen molar-refractivity contribution in [2.75, 3.05) is 16.4 Å². The van der Waals surface area contributed by atoms with Gasteiger partial charge in [-0.15, -0.1) is 0 Å². The molecule has 0 radical (unpaired) electrons.